The summed E-state index contributed by atoms with van der Waals surface area (Å²) in [6.07, 6.45) is 1.91. The van der Waals surface area contributed by atoms with Crippen molar-refractivity contribution < 1.29 is 8.81 Å². The van der Waals surface area contributed by atoms with E-state index in [4.69, 9.17) is 9.40 Å². The first kappa shape index (κ1) is 21.0. The number of hydrogen-bond donors (Lipinski definition) is 0. The summed E-state index contributed by atoms with van der Waals surface area (Å²) in [5.41, 5.74) is 2.59. The minimum absolute atomic E-state index is 0.170. The summed E-state index contributed by atoms with van der Waals surface area (Å²) in [7, 11) is 0. The summed E-state index contributed by atoms with van der Waals surface area (Å²) in [4.78, 5) is 20.1. The van der Waals surface area contributed by atoms with Crippen molar-refractivity contribution >= 4 is 11.3 Å². The van der Waals surface area contributed by atoms with Gasteiger partial charge in [-0.05, 0) is 43.2 Å². The zero-order chi connectivity index (χ0) is 22.8. The Balaban J connectivity index is 1.63. The Bertz CT molecular complexity index is 1460. The maximum Gasteiger partial charge on any atom is 0.262 e. The zero-order valence-corrected chi connectivity index (χ0v) is 18.6. The molecule has 0 atom stereocenters. The van der Waals surface area contributed by atoms with Crippen molar-refractivity contribution in [3.63, 3.8) is 0 Å². The smallest absolute Gasteiger partial charge is 0.262 e. The highest BCUT2D eigenvalue weighted by atomic mass is 32.1. The van der Waals surface area contributed by atoms with Gasteiger partial charge in [0.1, 0.15) is 11.6 Å². The first-order valence-electron chi connectivity index (χ1n) is 10.4. The van der Waals surface area contributed by atoms with Crippen LogP contribution in [0.2, 0.25) is 0 Å². The Kier molecular flexibility index (Phi) is 5.66. The first-order chi connectivity index (χ1) is 16.1. The first-order valence-corrected chi connectivity index (χ1v) is 11.2. The van der Waals surface area contributed by atoms with E-state index < -0.39 is 0 Å². The Morgan fingerprint density at radius 1 is 1.03 bits per heavy atom. The molecule has 33 heavy (non-hydrogen) atoms. The van der Waals surface area contributed by atoms with Crippen molar-refractivity contribution in [1.82, 2.24) is 19.7 Å². The third-order valence-corrected chi connectivity index (χ3v) is 6.41. The van der Waals surface area contributed by atoms with Crippen molar-refractivity contribution in [2.75, 3.05) is 0 Å². The standard InChI is InChI=1S/C25H19FN4O2S/c1-16-22(20-10-11-21(33-20)24-29-27-15-32-24)25(31)30(13-12-17-6-3-2-4-7-17)23(28-16)18-8-5-9-19(26)14-18/h2-11,14-15H,12-13H2,1H3. The van der Waals surface area contributed by atoms with Crippen molar-refractivity contribution in [3.8, 4) is 32.6 Å². The highest BCUT2D eigenvalue weighted by molar-refractivity contribution is 7.18. The van der Waals surface area contributed by atoms with Crippen LogP contribution >= 0.6 is 11.3 Å². The van der Waals surface area contributed by atoms with Gasteiger partial charge in [-0.3, -0.25) is 9.36 Å². The molecule has 0 saturated carbocycles. The SMILES string of the molecule is Cc1nc(-c2cccc(F)c2)n(CCc2ccccc2)c(=O)c1-c1ccc(-c2nnco2)s1. The fourth-order valence-electron chi connectivity index (χ4n) is 3.75. The van der Waals surface area contributed by atoms with E-state index in [9.17, 15) is 9.18 Å². The van der Waals surface area contributed by atoms with Crippen LogP contribution in [-0.2, 0) is 13.0 Å². The van der Waals surface area contributed by atoms with Crippen LogP contribution in [0.3, 0.4) is 0 Å². The summed E-state index contributed by atoms with van der Waals surface area (Å²) < 4.78 is 20.9. The normalized spacial score (nSPS) is 11.1. The zero-order valence-electron chi connectivity index (χ0n) is 17.7. The molecule has 0 aliphatic carbocycles. The summed E-state index contributed by atoms with van der Waals surface area (Å²) >= 11 is 1.39. The lowest BCUT2D eigenvalue weighted by molar-refractivity contribution is 0.570. The third kappa shape index (κ3) is 4.25. The van der Waals surface area contributed by atoms with E-state index in [0.29, 0.717) is 41.5 Å². The average molecular weight is 459 g/mol. The lowest BCUT2D eigenvalue weighted by Gasteiger charge is -2.16. The molecule has 0 fully saturated rings. The van der Waals surface area contributed by atoms with E-state index in [2.05, 4.69) is 10.2 Å². The molecule has 6 nitrogen and oxygen atoms in total. The second-order valence-electron chi connectivity index (χ2n) is 7.51. The van der Waals surface area contributed by atoms with Gasteiger partial charge in [-0.15, -0.1) is 21.5 Å². The highest BCUT2D eigenvalue weighted by Crippen LogP contribution is 2.33. The molecule has 0 N–H and O–H groups in total. The monoisotopic (exact) mass is 458 g/mol. The second kappa shape index (κ2) is 8.91. The molecule has 5 aromatic rings. The van der Waals surface area contributed by atoms with Crippen molar-refractivity contribution in [1.29, 1.82) is 0 Å². The molecule has 0 spiro atoms. The number of halogens is 1. The molecule has 3 heterocycles. The summed E-state index contributed by atoms with van der Waals surface area (Å²) in [5.74, 6) is 0.476. The molecule has 0 saturated heterocycles. The number of benzene rings is 2. The van der Waals surface area contributed by atoms with Gasteiger partial charge in [0.05, 0.1) is 16.1 Å². The fourth-order valence-corrected chi connectivity index (χ4v) is 4.78. The van der Waals surface area contributed by atoms with Crippen LogP contribution in [0.1, 0.15) is 11.3 Å². The molecule has 0 bridgehead atoms. The highest BCUT2D eigenvalue weighted by Gasteiger charge is 2.20. The van der Waals surface area contributed by atoms with Crippen LogP contribution in [0, 0.1) is 12.7 Å². The van der Waals surface area contributed by atoms with Crippen LogP contribution in [0.5, 0.6) is 0 Å². The van der Waals surface area contributed by atoms with Gasteiger partial charge in [0.15, 0.2) is 0 Å². The Morgan fingerprint density at radius 2 is 1.85 bits per heavy atom. The van der Waals surface area contributed by atoms with Crippen molar-refractivity contribution in [2.24, 2.45) is 0 Å². The maximum atomic E-state index is 14.0. The minimum atomic E-state index is -0.374. The number of rotatable bonds is 6. The molecular formula is C25H19FN4O2S. The number of thiophene rings is 1. The quantitative estimate of drug-likeness (QED) is 0.342. The van der Waals surface area contributed by atoms with Gasteiger partial charge in [0, 0.05) is 17.0 Å². The molecule has 8 heteroatoms. The van der Waals surface area contributed by atoms with Gasteiger partial charge < -0.3 is 4.42 Å². The Labute approximate surface area is 193 Å². The molecule has 0 amide bonds. The van der Waals surface area contributed by atoms with Crippen LogP contribution in [0.4, 0.5) is 4.39 Å². The molecule has 3 aromatic heterocycles. The molecule has 0 radical (unpaired) electrons. The van der Waals surface area contributed by atoms with E-state index >= 15 is 0 Å². The predicted molar refractivity (Wildman–Crippen MR) is 125 cm³/mol. The van der Waals surface area contributed by atoms with Gasteiger partial charge in [-0.25, -0.2) is 9.37 Å². The van der Waals surface area contributed by atoms with Crippen molar-refractivity contribution in [2.45, 2.75) is 19.9 Å². The lowest BCUT2D eigenvalue weighted by Crippen LogP contribution is -2.26. The summed E-state index contributed by atoms with van der Waals surface area (Å²) in [6, 6.07) is 19.8. The van der Waals surface area contributed by atoms with Gasteiger partial charge in [-0.1, -0.05) is 42.5 Å². The molecular weight excluding hydrogens is 439 g/mol. The molecule has 0 aliphatic heterocycles. The molecule has 0 unspecified atom stereocenters. The second-order valence-corrected chi connectivity index (χ2v) is 8.59. The molecule has 5 rings (SSSR count). The van der Waals surface area contributed by atoms with Crippen LogP contribution in [-0.4, -0.2) is 19.7 Å². The van der Waals surface area contributed by atoms with E-state index in [1.807, 2.05) is 42.5 Å². The summed E-state index contributed by atoms with van der Waals surface area (Å²) in [6.45, 7) is 2.21. The Morgan fingerprint density at radius 3 is 2.61 bits per heavy atom. The number of hydrogen-bond acceptors (Lipinski definition) is 6. The van der Waals surface area contributed by atoms with Gasteiger partial charge >= 0.3 is 0 Å². The number of nitrogens with zero attached hydrogens (tertiary/aromatic N) is 4. The summed E-state index contributed by atoms with van der Waals surface area (Å²) in [5, 5.41) is 7.66. The minimum Gasteiger partial charge on any atom is -0.423 e. The topological polar surface area (TPSA) is 73.8 Å². The van der Waals surface area contributed by atoms with Crippen LogP contribution in [0.25, 0.3) is 32.6 Å². The Hall–Kier alpha value is -3.91. The molecule has 164 valence electrons. The van der Waals surface area contributed by atoms with E-state index in [-0.39, 0.29) is 11.4 Å². The fraction of sp³-hybridized carbons (Fsp3) is 0.120. The largest absolute Gasteiger partial charge is 0.423 e. The molecule has 0 aliphatic rings. The van der Waals surface area contributed by atoms with E-state index in [1.165, 1.54) is 29.9 Å². The van der Waals surface area contributed by atoms with Gasteiger partial charge in [0.2, 0.25) is 6.39 Å². The average Bonchev–Trinajstić information content (AvgIpc) is 3.51. The number of aromatic nitrogens is 4. The van der Waals surface area contributed by atoms with Crippen LogP contribution < -0.4 is 5.56 Å². The predicted octanol–water partition coefficient (Wildman–Crippen LogP) is 5.38. The molecule has 2 aromatic carbocycles. The maximum absolute atomic E-state index is 14.0. The lowest BCUT2D eigenvalue weighted by atomic mass is 10.1. The third-order valence-electron chi connectivity index (χ3n) is 5.32. The van der Waals surface area contributed by atoms with Gasteiger partial charge in [0.25, 0.3) is 11.4 Å². The van der Waals surface area contributed by atoms with E-state index in [1.54, 1.807) is 23.6 Å². The van der Waals surface area contributed by atoms with Crippen molar-refractivity contribution in [3.05, 3.63) is 101 Å². The van der Waals surface area contributed by atoms with Crippen LogP contribution in [0.15, 0.2) is 82.3 Å². The van der Waals surface area contributed by atoms with Gasteiger partial charge in [-0.2, -0.15) is 0 Å². The number of aryl methyl sites for hydroxylation is 2. The van der Waals surface area contributed by atoms with E-state index in [0.717, 1.165) is 15.3 Å².